The van der Waals surface area contributed by atoms with Gasteiger partial charge >= 0.3 is 0 Å². The second-order valence-electron chi connectivity index (χ2n) is 9.65. The van der Waals surface area contributed by atoms with Crippen molar-refractivity contribution in [3.05, 3.63) is 53.6 Å². The SMILES string of the molecule is Cc1ccc(C)c(NC(=O)COc2ccc(N3C[C@@H](C(=O)NCCCN4CCOCC4)CC3=O)cc2)c1. The Balaban J connectivity index is 1.20. The normalized spacial score (nSPS) is 18.1. The Morgan fingerprint density at radius 3 is 2.59 bits per heavy atom. The van der Waals surface area contributed by atoms with Crippen LogP contribution in [0.15, 0.2) is 42.5 Å². The number of ether oxygens (including phenoxy) is 2. The van der Waals surface area contributed by atoms with Crippen LogP contribution in [0.25, 0.3) is 0 Å². The van der Waals surface area contributed by atoms with Gasteiger partial charge in [0.15, 0.2) is 6.61 Å². The zero-order valence-corrected chi connectivity index (χ0v) is 21.6. The molecule has 2 fully saturated rings. The molecule has 0 unspecified atom stereocenters. The molecular formula is C28H36N4O5. The third-order valence-electron chi connectivity index (χ3n) is 6.74. The first-order valence-electron chi connectivity index (χ1n) is 12.9. The number of nitrogens with zero attached hydrogens (tertiary/aromatic N) is 2. The zero-order valence-electron chi connectivity index (χ0n) is 21.6. The van der Waals surface area contributed by atoms with Crippen molar-refractivity contribution in [3.63, 3.8) is 0 Å². The number of anilines is 2. The van der Waals surface area contributed by atoms with Gasteiger partial charge in [-0.1, -0.05) is 12.1 Å². The van der Waals surface area contributed by atoms with Crippen LogP contribution < -0.4 is 20.3 Å². The molecule has 2 N–H and O–H groups in total. The molecule has 1 atom stereocenters. The van der Waals surface area contributed by atoms with Gasteiger partial charge in [-0.25, -0.2) is 0 Å². The van der Waals surface area contributed by atoms with Gasteiger partial charge in [0.25, 0.3) is 5.91 Å². The van der Waals surface area contributed by atoms with E-state index in [4.69, 9.17) is 9.47 Å². The summed E-state index contributed by atoms with van der Waals surface area (Å²) in [6.45, 7) is 9.08. The molecule has 9 heteroatoms. The minimum absolute atomic E-state index is 0.0740. The molecule has 4 rings (SSSR count). The van der Waals surface area contributed by atoms with Gasteiger partial charge in [0.1, 0.15) is 5.75 Å². The highest BCUT2D eigenvalue weighted by Crippen LogP contribution is 2.27. The van der Waals surface area contributed by atoms with Crippen LogP contribution in [-0.4, -0.2) is 75.2 Å². The van der Waals surface area contributed by atoms with Crippen LogP contribution in [0.1, 0.15) is 24.0 Å². The number of carbonyl (C=O) groups is 3. The van der Waals surface area contributed by atoms with Gasteiger partial charge < -0.3 is 25.0 Å². The van der Waals surface area contributed by atoms with E-state index >= 15 is 0 Å². The van der Waals surface area contributed by atoms with Crippen LogP contribution in [0.5, 0.6) is 5.75 Å². The Morgan fingerprint density at radius 1 is 1.08 bits per heavy atom. The molecule has 9 nitrogen and oxygen atoms in total. The van der Waals surface area contributed by atoms with Crippen LogP contribution >= 0.6 is 0 Å². The summed E-state index contributed by atoms with van der Waals surface area (Å²) >= 11 is 0. The van der Waals surface area contributed by atoms with Crippen molar-refractivity contribution < 1.29 is 23.9 Å². The highest BCUT2D eigenvalue weighted by Gasteiger charge is 2.35. The van der Waals surface area contributed by atoms with Crippen LogP contribution in [0.2, 0.25) is 0 Å². The van der Waals surface area contributed by atoms with Crippen molar-refractivity contribution >= 4 is 29.1 Å². The lowest BCUT2D eigenvalue weighted by atomic mass is 10.1. The van der Waals surface area contributed by atoms with Crippen molar-refractivity contribution in [2.75, 3.05) is 62.8 Å². The molecule has 37 heavy (non-hydrogen) atoms. The highest BCUT2D eigenvalue weighted by atomic mass is 16.5. The first-order chi connectivity index (χ1) is 17.9. The van der Waals surface area contributed by atoms with E-state index in [1.165, 1.54) is 0 Å². The summed E-state index contributed by atoms with van der Waals surface area (Å²) < 4.78 is 11.0. The number of nitrogens with one attached hydrogen (secondary N) is 2. The number of morpholine rings is 1. The average molecular weight is 509 g/mol. The molecule has 2 aromatic rings. The average Bonchev–Trinajstić information content (AvgIpc) is 3.30. The Morgan fingerprint density at radius 2 is 1.84 bits per heavy atom. The van der Waals surface area contributed by atoms with Gasteiger partial charge in [0, 0.05) is 44.0 Å². The van der Waals surface area contributed by atoms with Gasteiger partial charge in [-0.3, -0.25) is 19.3 Å². The van der Waals surface area contributed by atoms with Gasteiger partial charge in [-0.05, 0) is 68.3 Å². The Kier molecular flexibility index (Phi) is 9.14. The van der Waals surface area contributed by atoms with Gasteiger partial charge in [-0.15, -0.1) is 0 Å². The molecule has 0 radical (unpaired) electrons. The second-order valence-corrected chi connectivity index (χ2v) is 9.65. The van der Waals surface area contributed by atoms with Crippen LogP contribution in [0.3, 0.4) is 0 Å². The molecule has 2 saturated heterocycles. The Labute approximate surface area is 218 Å². The maximum Gasteiger partial charge on any atom is 0.262 e. The molecule has 3 amide bonds. The summed E-state index contributed by atoms with van der Waals surface area (Å²) in [4.78, 5) is 41.5. The third kappa shape index (κ3) is 7.53. The van der Waals surface area contributed by atoms with Crippen molar-refractivity contribution in [1.82, 2.24) is 10.2 Å². The van der Waals surface area contributed by atoms with E-state index in [0.717, 1.165) is 56.1 Å². The minimum Gasteiger partial charge on any atom is -0.484 e. The summed E-state index contributed by atoms with van der Waals surface area (Å²) in [5, 5.41) is 5.85. The summed E-state index contributed by atoms with van der Waals surface area (Å²) in [6, 6.07) is 12.9. The van der Waals surface area contributed by atoms with Crippen molar-refractivity contribution in [3.8, 4) is 5.75 Å². The molecule has 0 spiro atoms. The van der Waals surface area contributed by atoms with Crippen molar-refractivity contribution in [2.24, 2.45) is 5.92 Å². The van der Waals surface area contributed by atoms with E-state index in [0.29, 0.717) is 24.5 Å². The van der Waals surface area contributed by atoms with E-state index in [1.807, 2.05) is 32.0 Å². The molecule has 2 heterocycles. The maximum absolute atomic E-state index is 12.6. The summed E-state index contributed by atoms with van der Waals surface area (Å²) in [7, 11) is 0. The van der Waals surface area contributed by atoms with E-state index in [2.05, 4.69) is 15.5 Å². The van der Waals surface area contributed by atoms with Gasteiger partial charge in [-0.2, -0.15) is 0 Å². The lowest BCUT2D eigenvalue weighted by Crippen LogP contribution is -2.39. The number of hydrogen-bond donors (Lipinski definition) is 2. The number of aryl methyl sites for hydroxylation is 2. The highest BCUT2D eigenvalue weighted by molar-refractivity contribution is 6.00. The van der Waals surface area contributed by atoms with Gasteiger partial charge in [0.2, 0.25) is 11.8 Å². The quantitative estimate of drug-likeness (QED) is 0.479. The smallest absolute Gasteiger partial charge is 0.262 e. The fourth-order valence-electron chi connectivity index (χ4n) is 4.54. The minimum atomic E-state index is -0.361. The first-order valence-corrected chi connectivity index (χ1v) is 12.9. The maximum atomic E-state index is 12.6. The molecule has 2 aliphatic rings. The molecule has 2 aliphatic heterocycles. The third-order valence-corrected chi connectivity index (χ3v) is 6.74. The van der Waals surface area contributed by atoms with Gasteiger partial charge in [0.05, 0.1) is 19.1 Å². The number of rotatable bonds is 10. The van der Waals surface area contributed by atoms with E-state index < -0.39 is 0 Å². The Bertz CT molecular complexity index is 1100. The predicted molar refractivity (Wildman–Crippen MR) is 142 cm³/mol. The predicted octanol–water partition coefficient (Wildman–Crippen LogP) is 2.51. The molecule has 0 aliphatic carbocycles. The standard InChI is InChI=1S/C28H36N4O5/c1-20-4-5-21(2)25(16-20)30-26(33)19-37-24-8-6-23(7-9-24)32-18-22(17-27(32)34)28(35)29-10-3-11-31-12-14-36-15-13-31/h4-9,16,22H,3,10-15,17-19H2,1-2H3,(H,29,35)(H,30,33)/t22-/m0/s1. The number of hydrogen-bond acceptors (Lipinski definition) is 6. The molecule has 198 valence electrons. The number of carbonyl (C=O) groups excluding carboxylic acids is 3. The second kappa shape index (κ2) is 12.7. The summed E-state index contributed by atoms with van der Waals surface area (Å²) in [5.74, 6) is -0.226. The molecule has 0 aromatic heterocycles. The van der Waals surface area contributed by atoms with E-state index in [-0.39, 0.29) is 36.7 Å². The molecule has 2 aromatic carbocycles. The van der Waals surface area contributed by atoms with Crippen molar-refractivity contribution in [1.29, 1.82) is 0 Å². The van der Waals surface area contributed by atoms with E-state index in [1.54, 1.807) is 29.2 Å². The number of benzene rings is 2. The van der Waals surface area contributed by atoms with Crippen LogP contribution in [0, 0.1) is 19.8 Å². The fourth-order valence-corrected chi connectivity index (χ4v) is 4.54. The van der Waals surface area contributed by atoms with Crippen molar-refractivity contribution in [2.45, 2.75) is 26.7 Å². The summed E-state index contributed by atoms with van der Waals surface area (Å²) in [6.07, 6.45) is 1.08. The van der Waals surface area contributed by atoms with Crippen LogP contribution in [-0.2, 0) is 19.1 Å². The molecule has 0 bridgehead atoms. The van der Waals surface area contributed by atoms with Crippen LogP contribution in [0.4, 0.5) is 11.4 Å². The van der Waals surface area contributed by atoms with E-state index in [9.17, 15) is 14.4 Å². The lowest BCUT2D eigenvalue weighted by molar-refractivity contribution is -0.126. The summed E-state index contributed by atoms with van der Waals surface area (Å²) in [5.41, 5.74) is 3.53. The number of amides is 3. The largest absolute Gasteiger partial charge is 0.484 e. The topological polar surface area (TPSA) is 100 Å². The first kappa shape index (κ1) is 26.6. The lowest BCUT2D eigenvalue weighted by Gasteiger charge is -2.26. The molecular weight excluding hydrogens is 472 g/mol. The zero-order chi connectivity index (χ0) is 26.2. The fraction of sp³-hybridized carbons (Fsp3) is 0.464. The Hall–Kier alpha value is -3.43. The monoisotopic (exact) mass is 508 g/mol. The molecule has 0 saturated carbocycles.